The standard InChI is InChI=1S/C25H23F2N5O2/c1-25(16-13-28-32(2)14-16,22-5-3-4-19(29-22)15-6-7-15)12-17-18(26)8-9-20(23(17)27)30-24(33)21-10-11-34-31-21/h3-5,8-11,13-15H,6-7,12H2,1-2H3,(H,30,33). The Morgan fingerprint density at radius 1 is 1.24 bits per heavy atom. The van der Waals surface area contributed by atoms with E-state index in [1.165, 1.54) is 18.4 Å². The molecule has 1 aliphatic carbocycles. The number of benzene rings is 1. The fraction of sp³-hybridized carbons (Fsp3) is 0.280. The Kier molecular flexibility index (Phi) is 5.47. The van der Waals surface area contributed by atoms with Crippen LogP contribution in [-0.2, 0) is 18.9 Å². The molecule has 1 saturated carbocycles. The molecule has 9 heteroatoms. The molecule has 0 aliphatic heterocycles. The van der Waals surface area contributed by atoms with Gasteiger partial charge in [0.15, 0.2) is 11.5 Å². The SMILES string of the molecule is Cn1cc(C(C)(Cc2c(F)ccc(NC(=O)c3ccon3)c2F)c2cccc(C3CC3)n2)cn1. The highest BCUT2D eigenvalue weighted by Gasteiger charge is 2.36. The highest BCUT2D eigenvalue weighted by Crippen LogP contribution is 2.41. The number of anilines is 1. The lowest BCUT2D eigenvalue weighted by Gasteiger charge is -2.29. The quantitative estimate of drug-likeness (QED) is 0.427. The van der Waals surface area contributed by atoms with E-state index < -0.39 is 23.0 Å². The molecule has 3 heterocycles. The third kappa shape index (κ3) is 4.09. The maximum Gasteiger partial charge on any atom is 0.277 e. The van der Waals surface area contributed by atoms with Crippen molar-refractivity contribution < 1.29 is 18.1 Å². The fourth-order valence-electron chi connectivity index (χ4n) is 4.14. The number of pyridine rings is 1. The van der Waals surface area contributed by atoms with E-state index >= 15 is 8.78 Å². The molecule has 5 rings (SSSR count). The first-order valence-electron chi connectivity index (χ1n) is 11.0. The lowest BCUT2D eigenvalue weighted by atomic mass is 9.75. The molecule has 0 bridgehead atoms. The van der Waals surface area contributed by atoms with E-state index in [0.717, 1.165) is 30.2 Å². The van der Waals surface area contributed by atoms with E-state index in [4.69, 9.17) is 4.98 Å². The zero-order valence-electron chi connectivity index (χ0n) is 18.8. The van der Waals surface area contributed by atoms with Gasteiger partial charge in [0.2, 0.25) is 0 Å². The van der Waals surface area contributed by atoms with Crippen molar-refractivity contribution in [3.8, 4) is 0 Å². The number of aryl methyl sites for hydroxylation is 1. The summed E-state index contributed by atoms with van der Waals surface area (Å²) in [6.45, 7) is 1.91. The summed E-state index contributed by atoms with van der Waals surface area (Å²) in [6, 6.07) is 9.51. The summed E-state index contributed by atoms with van der Waals surface area (Å²) in [7, 11) is 1.79. The second kappa shape index (κ2) is 8.48. The van der Waals surface area contributed by atoms with Crippen molar-refractivity contribution in [2.24, 2.45) is 7.05 Å². The van der Waals surface area contributed by atoms with E-state index in [9.17, 15) is 4.79 Å². The van der Waals surface area contributed by atoms with E-state index in [0.29, 0.717) is 11.6 Å². The first kappa shape index (κ1) is 21.9. The van der Waals surface area contributed by atoms with Crippen molar-refractivity contribution in [1.29, 1.82) is 0 Å². The van der Waals surface area contributed by atoms with E-state index in [-0.39, 0.29) is 23.4 Å². The van der Waals surface area contributed by atoms with Crippen LogP contribution in [0.15, 0.2) is 59.6 Å². The molecule has 1 amide bonds. The van der Waals surface area contributed by atoms with E-state index in [2.05, 4.69) is 20.1 Å². The number of rotatable bonds is 7. The van der Waals surface area contributed by atoms with Gasteiger partial charge in [-0.2, -0.15) is 5.10 Å². The van der Waals surface area contributed by atoms with Crippen molar-refractivity contribution in [3.05, 3.63) is 94.9 Å². The van der Waals surface area contributed by atoms with Crippen molar-refractivity contribution in [1.82, 2.24) is 19.9 Å². The van der Waals surface area contributed by atoms with Gasteiger partial charge in [-0.1, -0.05) is 11.2 Å². The summed E-state index contributed by atoms with van der Waals surface area (Å²) in [5, 5.41) is 10.3. The number of nitrogens with zero attached hydrogens (tertiary/aromatic N) is 4. The van der Waals surface area contributed by atoms with Crippen LogP contribution in [0.5, 0.6) is 0 Å². The second-order valence-electron chi connectivity index (χ2n) is 8.86. The van der Waals surface area contributed by atoms with Gasteiger partial charge in [0.25, 0.3) is 5.91 Å². The van der Waals surface area contributed by atoms with Crippen LogP contribution >= 0.6 is 0 Å². The van der Waals surface area contributed by atoms with Crippen LogP contribution in [0.1, 0.15) is 58.7 Å². The molecule has 1 unspecified atom stereocenters. The number of aromatic nitrogens is 4. The Morgan fingerprint density at radius 3 is 2.74 bits per heavy atom. The van der Waals surface area contributed by atoms with Crippen LogP contribution in [0.25, 0.3) is 0 Å². The van der Waals surface area contributed by atoms with Gasteiger partial charge in [-0.3, -0.25) is 14.5 Å². The average Bonchev–Trinajstić information content (AvgIpc) is 3.34. The Bertz CT molecular complexity index is 1350. The highest BCUT2D eigenvalue weighted by molar-refractivity contribution is 6.02. The predicted molar refractivity (Wildman–Crippen MR) is 120 cm³/mol. The molecular formula is C25H23F2N5O2. The van der Waals surface area contributed by atoms with Crippen molar-refractivity contribution in [3.63, 3.8) is 0 Å². The highest BCUT2D eigenvalue weighted by atomic mass is 19.1. The van der Waals surface area contributed by atoms with E-state index in [1.54, 1.807) is 17.9 Å². The van der Waals surface area contributed by atoms with Gasteiger partial charge in [-0.05, 0) is 50.5 Å². The van der Waals surface area contributed by atoms with Crippen molar-refractivity contribution in [2.75, 3.05) is 5.32 Å². The molecule has 1 atom stereocenters. The summed E-state index contributed by atoms with van der Waals surface area (Å²) in [5.41, 5.74) is 1.32. The Hall–Kier alpha value is -3.88. The van der Waals surface area contributed by atoms with Gasteiger partial charge in [-0.25, -0.2) is 8.78 Å². The number of nitrogens with one attached hydrogen (secondary N) is 1. The molecule has 0 spiro atoms. The number of carbonyl (C=O) groups excluding carboxylic acids is 1. The summed E-state index contributed by atoms with van der Waals surface area (Å²) < 4.78 is 36.9. The smallest absolute Gasteiger partial charge is 0.277 e. The molecule has 0 saturated heterocycles. The zero-order valence-corrected chi connectivity index (χ0v) is 18.8. The Morgan fingerprint density at radius 2 is 2.06 bits per heavy atom. The molecule has 1 aliphatic rings. The third-order valence-electron chi connectivity index (χ3n) is 6.31. The van der Waals surface area contributed by atoms with E-state index in [1.807, 2.05) is 31.3 Å². The molecule has 174 valence electrons. The Labute approximate surface area is 194 Å². The minimum Gasteiger partial charge on any atom is -0.364 e. The largest absolute Gasteiger partial charge is 0.364 e. The van der Waals surface area contributed by atoms with Gasteiger partial charge in [0.1, 0.15) is 12.1 Å². The second-order valence-corrected chi connectivity index (χ2v) is 8.86. The minimum atomic E-state index is -0.865. The number of hydrogen-bond donors (Lipinski definition) is 1. The topological polar surface area (TPSA) is 85.8 Å². The summed E-state index contributed by atoms with van der Waals surface area (Å²) in [4.78, 5) is 17.2. The Balaban J connectivity index is 1.55. The summed E-state index contributed by atoms with van der Waals surface area (Å²) in [5.74, 6) is -1.77. The zero-order chi connectivity index (χ0) is 23.9. The summed E-state index contributed by atoms with van der Waals surface area (Å²) >= 11 is 0. The van der Waals surface area contributed by atoms with Crippen LogP contribution in [0, 0.1) is 11.6 Å². The monoisotopic (exact) mass is 463 g/mol. The third-order valence-corrected chi connectivity index (χ3v) is 6.31. The molecule has 7 nitrogen and oxygen atoms in total. The minimum absolute atomic E-state index is 0.00781. The first-order valence-corrected chi connectivity index (χ1v) is 11.0. The molecule has 1 fully saturated rings. The normalized spacial score (nSPS) is 15.2. The van der Waals surface area contributed by atoms with Gasteiger partial charge in [0.05, 0.1) is 17.6 Å². The predicted octanol–water partition coefficient (Wildman–Crippen LogP) is 4.76. The van der Waals surface area contributed by atoms with Crippen LogP contribution in [0.4, 0.5) is 14.5 Å². The number of amides is 1. The number of halogens is 2. The number of hydrogen-bond acceptors (Lipinski definition) is 5. The van der Waals surface area contributed by atoms with Crippen LogP contribution in [-0.4, -0.2) is 25.8 Å². The molecule has 4 aromatic rings. The van der Waals surface area contributed by atoms with Gasteiger partial charge >= 0.3 is 0 Å². The lowest BCUT2D eigenvalue weighted by Crippen LogP contribution is -2.29. The fourth-order valence-corrected chi connectivity index (χ4v) is 4.14. The van der Waals surface area contributed by atoms with Crippen LogP contribution in [0.3, 0.4) is 0 Å². The first-order chi connectivity index (χ1) is 16.3. The summed E-state index contributed by atoms with van der Waals surface area (Å²) in [6.07, 6.45) is 6.93. The maximum atomic E-state index is 15.6. The molecule has 1 aromatic carbocycles. The van der Waals surface area contributed by atoms with Crippen LogP contribution < -0.4 is 5.32 Å². The van der Waals surface area contributed by atoms with Gasteiger partial charge in [0, 0.05) is 47.5 Å². The molecule has 1 N–H and O–H groups in total. The lowest BCUT2D eigenvalue weighted by molar-refractivity contribution is 0.101. The molecule has 34 heavy (non-hydrogen) atoms. The molecule has 3 aromatic heterocycles. The van der Waals surface area contributed by atoms with Gasteiger partial charge < -0.3 is 9.84 Å². The molecular weight excluding hydrogens is 440 g/mol. The van der Waals surface area contributed by atoms with Crippen LogP contribution in [0.2, 0.25) is 0 Å². The molecule has 0 radical (unpaired) electrons. The van der Waals surface area contributed by atoms with Crippen molar-refractivity contribution in [2.45, 2.75) is 37.5 Å². The van der Waals surface area contributed by atoms with Crippen molar-refractivity contribution >= 4 is 11.6 Å². The maximum absolute atomic E-state index is 15.6. The number of carbonyl (C=O) groups is 1. The average molecular weight is 463 g/mol. The van der Waals surface area contributed by atoms with Gasteiger partial charge in [-0.15, -0.1) is 0 Å².